The first-order chi connectivity index (χ1) is 5.20. The Balaban J connectivity index is 0. The van der Waals surface area contributed by atoms with Crippen LogP contribution in [0.3, 0.4) is 0 Å². The molecular formula is C9H13ClFI. The fourth-order valence-corrected chi connectivity index (χ4v) is 0.726. The number of hydrogen-bond acceptors (Lipinski definition) is 0. The zero-order chi connectivity index (χ0) is 8.85. The minimum atomic E-state index is -0.248. The zero-order valence-electron chi connectivity index (χ0n) is 7.40. The van der Waals surface area contributed by atoms with Crippen LogP contribution in [0.15, 0.2) is 18.2 Å². The van der Waals surface area contributed by atoms with E-state index in [4.69, 9.17) is 11.6 Å². The van der Waals surface area contributed by atoms with Gasteiger partial charge in [0.15, 0.2) is 0 Å². The van der Waals surface area contributed by atoms with Gasteiger partial charge in [-0.25, -0.2) is 4.39 Å². The summed E-state index contributed by atoms with van der Waals surface area (Å²) in [7, 11) is 0. The van der Waals surface area contributed by atoms with Crippen molar-refractivity contribution >= 4 is 35.6 Å². The molecule has 0 heterocycles. The summed E-state index contributed by atoms with van der Waals surface area (Å²) in [6.45, 7) is 5.70. The number of aryl methyl sites for hydroxylation is 1. The van der Waals surface area contributed by atoms with Crippen molar-refractivity contribution in [1.29, 1.82) is 0 Å². The monoisotopic (exact) mass is 302 g/mol. The molecule has 0 spiro atoms. The molecule has 3 heteroatoms. The van der Waals surface area contributed by atoms with Crippen molar-refractivity contribution in [1.82, 2.24) is 0 Å². The molecule has 12 heavy (non-hydrogen) atoms. The molecule has 0 fully saturated rings. The van der Waals surface area contributed by atoms with Crippen molar-refractivity contribution in [3.63, 3.8) is 0 Å². The maximum Gasteiger partial charge on any atom is 0.127 e. The highest BCUT2D eigenvalue weighted by Crippen LogP contribution is 2.12. The first-order valence-corrected chi connectivity index (χ1v) is 3.99. The van der Waals surface area contributed by atoms with Crippen LogP contribution in [0.1, 0.15) is 19.4 Å². The van der Waals surface area contributed by atoms with Crippen molar-refractivity contribution in [3.8, 4) is 0 Å². The van der Waals surface area contributed by atoms with E-state index in [-0.39, 0.29) is 29.8 Å². The molecule has 0 saturated carbocycles. The van der Waals surface area contributed by atoms with Gasteiger partial charge in [0, 0.05) is 5.02 Å². The van der Waals surface area contributed by atoms with Crippen LogP contribution in [0.4, 0.5) is 4.39 Å². The number of halogens is 3. The van der Waals surface area contributed by atoms with Crippen LogP contribution in [0.5, 0.6) is 0 Å². The molecule has 0 nitrogen and oxygen atoms in total. The van der Waals surface area contributed by atoms with Crippen LogP contribution in [0, 0.1) is 12.7 Å². The van der Waals surface area contributed by atoms with E-state index in [9.17, 15) is 4.39 Å². The lowest BCUT2D eigenvalue weighted by molar-refractivity contribution is 0.618. The lowest BCUT2D eigenvalue weighted by Gasteiger charge is -1.93. The Morgan fingerprint density at radius 2 is 1.75 bits per heavy atom. The minimum absolute atomic E-state index is 0. The second-order valence-corrected chi connectivity index (χ2v) is 2.33. The van der Waals surface area contributed by atoms with Crippen molar-refractivity contribution in [2.45, 2.75) is 20.8 Å². The molecule has 0 aliphatic rings. The minimum Gasteiger partial charge on any atom is -0.207 e. The van der Waals surface area contributed by atoms with E-state index in [1.165, 1.54) is 6.07 Å². The number of hydrogen-bond donors (Lipinski definition) is 0. The maximum atomic E-state index is 12.5. The van der Waals surface area contributed by atoms with Crippen LogP contribution in [0.25, 0.3) is 0 Å². The van der Waals surface area contributed by atoms with Gasteiger partial charge in [-0.3, -0.25) is 0 Å². The molecule has 0 aromatic heterocycles. The second-order valence-electron chi connectivity index (χ2n) is 1.89. The van der Waals surface area contributed by atoms with Crippen LogP contribution in [-0.4, -0.2) is 0 Å². The summed E-state index contributed by atoms with van der Waals surface area (Å²) in [5.74, 6) is -0.248. The van der Waals surface area contributed by atoms with Crippen LogP contribution in [-0.2, 0) is 0 Å². The fraction of sp³-hybridized carbons (Fsp3) is 0.333. The highest BCUT2D eigenvalue weighted by molar-refractivity contribution is 14.0. The lowest BCUT2D eigenvalue weighted by Crippen LogP contribution is -1.78. The summed E-state index contributed by atoms with van der Waals surface area (Å²) in [6, 6.07) is 4.62. The third-order valence-corrected chi connectivity index (χ3v) is 1.37. The maximum absolute atomic E-state index is 12.5. The van der Waals surface area contributed by atoms with E-state index in [0.717, 1.165) is 0 Å². The standard InChI is InChI=1S/C7H6ClF.C2H6.HI/c1-5-2-3-6(8)4-7(5)9;1-2;/h2-4H,1H3;1-2H3;1H. The van der Waals surface area contributed by atoms with Gasteiger partial charge in [-0.1, -0.05) is 31.5 Å². The predicted molar refractivity (Wildman–Crippen MR) is 62.9 cm³/mol. The number of benzene rings is 1. The Bertz CT molecular complexity index is 226. The molecule has 70 valence electrons. The molecule has 0 radical (unpaired) electrons. The Kier molecular flexibility index (Phi) is 9.54. The van der Waals surface area contributed by atoms with E-state index >= 15 is 0 Å². The fourth-order valence-electron chi connectivity index (χ4n) is 0.567. The zero-order valence-corrected chi connectivity index (χ0v) is 10.5. The molecule has 0 aliphatic heterocycles. The van der Waals surface area contributed by atoms with Gasteiger partial charge in [0.2, 0.25) is 0 Å². The van der Waals surface area contributed by atoms with Crippen molar-refractivity contribution in [3.05, 3.63) is 34.6 Å². The summed E-state index contributed by atoms with van der Waals surface area (Å²) < 4.78 is 12.5. The van der Waals surface area contributed by atoms with Gasteiger partial charge in [0.05, 0.1) is 0 Å². The Labute approximate surface area is 95.1 Å². The second kappa shape index (κ2) is 7.80. The summed E-state index contributed by atoms with van der Waals surface area (Å²) in [6.07, 6.45) is 0. The summed E-state index contributed by atoms with van der Waals surface area (Å²) in [5, 5.41) is 0.443. The molecule has 0 unspecified atom stereocenters. The Hall–Kier alpha value is 0.170. The van der Waals surface area contributed by atoms with Gasteiger partial charge in [0.1, 0.15) is 5.82 Å². The van der Waals surface area contributed by atoms with E-state index in [1.54, 1.807) is 19.1 Å². The molecule has 1 aromatic rings. The lowest BCUT2D eigenvalue weighted by atomic mass is 10.2. The molecule has 1 rings (SSSR count). The summed E-state index contributed by atoms with van der Waals surface area (Å²) >= 11 is 5.48. The predicted octanol–water partition coefficient (Wildman–Crippen LogP) is 4.43. The largest absolute Gasteiger partial charge is 0.207 e. The molecule has 0 N–H and O–H groups in total. The molecule has 1 aromatic carbocycles. The van der Waals surface area contributed by atoms with Gasteiger partial charge < -0.3 is 0 Å². The Morgan fingerprint density at radius 3 is 2.08 bits per heavy atom. The first kappa shape index (κ1) is 14.7. The Morgan fingerprint density at radius 1 is 1.25 bits per heavy atom. The molecule has 0 amide bonds. The van der Waals surface area contributed by atoms with Gasteiger partial charge in [-0.15, -0.1) is 24.0 Å². The molecule has 0 saturated heterocycles. The quantitative estimate of drug-likeness (QED) is 0.622. The van der Waals surface area contributed by atoms with Gasteiger partial charge in [-0.05, 0) is 24.6 Å². The average molecular weight is 303 g/mol. The topological polar surface area (TPSA) is 0 Å². The van der Waals surface area contributed by atoms with E-state index in [2.05, 4.69) is 0 Å². The van der Waals surface area contributed by atoms with Crippen molar-refractivity contribution in [2.75, 3.05) is 0 Å². The normalized spacial score (nSPS) is 7.75. The third-order valence-electron chi connectivity index (χ3n) is 1.13. The van der Waals surface area contributed by atoms with Crippen LogP contribution >= 0.6 is 35.6 Å². The third kappa shape index (κ3) is 4.93. The van der Waals surface area contributed by atoms with Crippen molar-refractivity contribution in [2.24, 2.45) is 0 Å². The van der Waals surface area contributed by atoms with Gasteiger partial charge >= 0.3 is 0 Å². The number of rotatable bonds is 0. The smallest absolute Gasteiger partial charge is 0.127 e. The average Bonchev–Trinajstić information content (AvgIpc) is 2.02. The van der Waals surface area contributed by atoms with Crippen LogP contribution in [0.2, 0.25) is 5.02 Å². The van der Waals surface area contributed by atoms with E-state index in [1.807, 2.05) is 13.8 Å². The van der Waals surface area contributed by atoms with Gasteiger partial charge in [-0.2, -0.15) is 0 Å². The molecule has 0 bridgehead atoms. The highest BCUT2D eigenvalue weighted by Gasteiger charge is 1.94. The van der Waals surface area contributed by atoms with Crippen LogP contribution < -0.4 is 0 Å². The van der Waals surface area contributed by atoms with Gasteiger partial charge in [0.25, 0.3) is 0 Å². The molecule has 0 atom stereocenters. The van der Waals surface area contributed by atoms with E-state index < -0.39 is 0 Å². The van der Waals surface area contributed by atoms with Crippen molar-refractivity contribution < 1.29 is 4.39 Å². The van der Waals surface area contributed by atoms with E-state index in [0.29, 0.717) is 10.6 Å². The summed E-state index contributed by atoms with van der Waals surface area (Å²) in [4.78, 5) is 0. The highest BCUT2D eigenvalue weighted by atomic mass is 127. The first-order valence-electron chi connectivity index (χ1n) is 3.62. The summed E-state index contributed by atoms with van der Waals surface area (Å²) in [5.41, 5.74) is 0.624. The SMILES string of the molecule is CC.Cc1ccc(Cl)cc1F.I. The molecular weight excluding hydrogens is 289 g/mol. The molecule has 0 aliphatic carbocycles.